The van der Waals surface area contributed by atoms with Crippen molar-refractivity contribution in [3.8, 4) is 0 Å². The van der Waals surface area contributed by atoms with E-state index in [1.54, 1.807) is 7.05 Å². The summed E-state index contributed by atoms with van der Waals surface area (Å²) >= 11 is 0. The van der Waals surface area contributed by atoms with Crippen molar-refractivity contribution in [1.82, 2.24) is 10.6 Å². The summed E-state index contributed by atoms with van der Waals surface area (Å²) in [6.07, 6.45) is 1.76. The van der Waals surface area contributed by atoms with Crippen molar-refractivity contribution in [1.29, 1.82) is 0 Å². The summed E-state index contributed by atoms with van der Waals surface area (Å²) in [5, 5.41) is 13.0. The van der Waals surface area contributed by atoms with Crippen molar-refractivity contribution in [3.05, 3.63) is 0 Å². The molecule has 0 saturated carbocycles. The van der Waals surface area contributed by atoms with Gasteiger partial charge in [-0.05, 0) is 13.5 Å². The first-order chi connectivity index (χ1) is 5.66. The van der Waals surface area contributed by atoms with E-state index in [-0.39, 0.29) is 12.5 Å². The van der Waals surface area contributed by atoms with E-state index < -0.39 is 5.97 Å². The Balaban J connectivity index is 0.000000202. The van der Waals surface area contributed by atoms with Crippen LogP contribution in [-0.4, -0.2) is 37.1 Å². The molecule has 70 valence electrons. The third kappa shape index (κ3) is 7.01. The molecule has 3 N–H and O–H groups in total. The second kappa shape index (κ2) is 6.60. The number of carboxylic acid groups (broad SMARTS) is 1. The van der Waals surface area contributed by atoms with Gasteiger partial charge in [-0.2, -0.15) is 0 Å². The van der Waals surface area contributed by atoms with Gasteiger partial charge in [-0.15, -0.1) is 0 Å². The number of rotatable bonds is 2. The van der Waals surface area contributed by atoms with Crippen molar-refractivity contribution in [2.24, 2.45) is 0 Å². The molecule has 0 aliphatic carbocycles. The highest BCUT2D eigenvalue weighted by atomic mass is 16.4. The predicted molar refractivity (Wildman–Crippen MR) is 43.8 cm³/mol. The second-order valence-electron chi connectivity index (χ2n) is 2.38. The van der Waals surface area contributed by atoms with Gasteiger partial charge in [0.25, 0.3) is 0 Å². The lowest BCUT2D eigenvalue weighted by Gasteiger charge is -1.84. The number of amides is 1. The number of nitrogens with one attached hydrogen (secondary N) is 2. The monoisotopic (exact) mass is 174 g/mol. The molecule has 1 fully saturated rings. The summed E-state index contributed by atoms with van der Waals surface area (Å²) in [5.74, 6) is -0.618. The molecule has 0 aromatic heterocycles. The van der Waals surface area contributed by atoms with Gasteiger partial charge in [0.1, 0.15) is 0 Å². The second-order valence-corrected chi connectivity index (χ2v) is 2.38. The maximum Gasteiger partial charge on any atom is 0.317 e. The molecular formula is C7H14N2O3. The van der Waals surface area contributed by atoms with E-state index >= 15 is 0 Å². The van der Waals surface area contributed by atoms with Crippen LogP contribution in [0.3, 0.4) is 0 Å². The quantitative estimate of drug-likeness (QED) is 0.511. The fraction of sp³-hybridized carbons (Fsp3) is 0.714. The lowest BCUT2D eigenvalue weighted by atomic mass is 10.4. The maximum atomic E-state index is 10.1. The first kappa shape index (κ1) is 10.9. The summed E-state index contributed by atoms with van der Waals surface area (Å²) in [6, 6.07) is 0. The third-order valence-electron chi connectivity index (χ3n) is 1.23. The van der Waals surface area contributed by atoms with Crippen LogP contribution < -0.4 is 10.6 Å². The van der Waals surface area contributed by atoms with E-state index in [0.29, 0.717) is 0 Å². The number of likely N-dealkylation sites (N-methyl/N-ethyl adjacent to an activating group) is 1. The van der Waals surface area contributed by atoms with Crippen molar-refractivity contribution in [3.63, 3.8) is 0 Å². The number of aliphatic carboxylic acids is 1. The van der Waals surface area contributed by atoms with Gasteiger partial charge < -0.3 is 15.7 Å². The minimum Gasteiger partial charge on any atom is -0.480 e. The predicted octanol–water partition coefficient (Wildman–Crippen LogP) is -0.813. The summed E-state index contributed by atoms with van der Waals surface area (Å²) in [5.41, 5.74) is 0. The largest absolute Gasteiger partial charge is 0.480 e. The van der Waals surface area contributed by atoms with E-state index in [4.69, 9.17) is 5.11 Å². The van der Waals surface area contributed by atoms with Gasteiger partial charge in [-0.25, -0.2) is 0 Å². The smallest absolute Gasteiger partial charge is 0.317 e. The molecule has 12 heavy (non-hydrogen) atoms. The average Bonchev–Trinajstić information content (AvgIpc) is 2.40. The van der Waals surface area contributed by atoms with Crippen LogP contribution >= 0.6 is 0 Å². The Hall–Kier alpha value is -1.10. The van der Waals surface area contributed by atoms with Crippen molar-refractivity contribution >= 4 is 11.9 Å². The van der Waals surface area contributed by atoms with Crippen LogP contribution in [0.25, 0.3) is 0 Å². The topological polar surface area (TPSA) is 78.4 Å². The summed E-state index contributed by atoms with van der Waals surface area (Å²) in [7, 11) is 1.59. The van der Waals surface area contributed by atoms with Crippen LogP contribution in [0, 0.1) is 0 Å². The molecule has 0 spiro atoms. The van der Waals surface area contributed by atoms with Crippen molar-refractivity contribution in [2.75, 3.05) is 20.1 Å². The van der Waals surface area contributed by atoms with Crippen molar-refractivity contribution < 1.29 is 14.7 Å². The highest BCUT2D eigenvalue weighted by Crippen LogP contribution is 1.93. The van der Waals surface area contributed by atoms with Crippen LogP contribution in [0.2, 0.25) is 0 Å². The van der Waals surface area contributed by atoms with Crippen LogP contribution in [0.1, 0.15) is 12.8 Å². The molecule has 0 aromatic rings. The maximum absolute atomic E-state index is 10.1. The van der Waals surface area contributed by atoms with Gasteiger partial charge in [0.15, 0.2) is 0 Å². The Kier molecular flexibility index (Phi) is 6.00. The first-order valence-electron chi connectivity index (χ1n) is 3.80. The zero-order valence-electron chi connectivity index (χ0n) is 7.09. The molecule has 0 bridgehead atoms. The molecule has 1 rings (SSSR count). The molecule has 1 heterocycles. The number of hydrogen-bond donors (Lipinski definition) is 3. The number of carbonyl (C=O) groups is 2. The Labute approximate surface area is 71.1 Å². The standard InChI is InChI=1S/C4H7NO.C3H7NO2/c6-4-2-1-3-5-4;1-4-2-3(5)6/h1-3H2,(H,5,6);4H,2H2,1H3,(H,5,6). The minimum atomic E-state index is -0.822. The minimum absolute atomic E-state index is 0.0417. The molecule has 1 saturated heterocycles. The van der Waals surface area contributed by atoms with Crippen LogP contribution in [-0.2, 0) is 9.59 Å². The van der Waals surface area contributed by atoms with Gasteiger partial charge in [-0.3, -0.25) is 9.59 Å². The molecular weight excluding hydrogens is 160 g/mol. The average molecular weight is 174 g/mol. The van der Waals surface area contributed by atoms with E-state index in [1.807, 2.05) is 0 Å². The molecule has 0 aromatic carbocycles. The molecule has 0 radical (unpaired) electrons. The Bertz CT molecular complexity index is 151. The van der Waals surface area contributed by atoms with Gasteiger partial charge in [-0.1, -0.05) is 0 Å². The molecule has 1 aliphatic heterocycles. The molecule has 1 aliphatic rings. The zero-order chi connectivity index (χ0) is 9.40. The lowest BCUT2D eigenvalue weighted by Crippen LogP contribution is -2.16. The van der Waals surface area contributed by atoms with E-state index in [2.05, 4.69) is 10.6 Å². The highest BCUT2D eigenvalue weighted by Gasteiger charge is 2.05. The molecule has 0 atom stereocenters. The van der Waals surface area contributed by atoms with E-state index in [0.717, 1.165) is 19.4 Å². The lowest BCUT2D eigenvalue weighted by molar-refractivity contribution is -0.135. The van der Waals surface area contributed by atoms with Crippen LogP contribution in [0.4, 0.5) is 0 Å². The van der Waals surface area contributed by atoms with Gasteiger partial charge in [0.2, 0.25) is 5.91 Å². The highest BCUT2D eigenvalue weighted by molar-refractivity contribution is 5.77. The Morgan fingerprint density at radius 1 is 1.75 bits per heavy atom. The van der Waals surface area contributed by atoms with Crippen LogP contribution in [0.5, 0.6) is 0 Å². The zero-order valence-corrected chi connectivity index (χ0v) is 7.09. The summed E-state index contributed by atoms with van der Waals surface area (Å²) in [4.78, 5) is 19.7. The van der Waals surface area contributed by atoms with Gasteiger partial charge in [0, 0.05) is 13.0 Å². The fourth-order valence-corrected chi connectivity index (χ4v) is 0.716. The Morgan fingerprint density at radius 3 is 2.50 bits per heavy atom. The van der Waals surface area contributed by atoms with Gasteiger partial charge in [0.05, 0.1) is 6.54 Å². The SMILES string of the molecule is CNCC(=O)O.O=C1CCCN1. The number of carboxylic acids is 1. The Morgan fingerprint density at radius 2 is 2.42 bits per heavy atom. The molecule has 0 unspecified atom stereocenters. The number of hydrogen-bond acceptors (Lipinski definition) is 3. The molecule has 5 nitrogen and oxygen atoms in total. The molecule has 1 amide bonds. The fourth-order valence-electron chi connectivity index (χ4n) is 0.716. The van der Waals surface area contributed by atoms with Gasteiger partial charge >= 0.3 is 5.97 Å². The summed E-state index contributed by atoms with van der Waals surface area (Å²) < 4.78 is 0. The van der Waals surface area contributed by atoms with E-state index in [9.17, 15) is 9.59 Å². The summed E-state index contributed by atoms with van der Waals surface area (Å²) in [6.45, 7) is 0.929. The van der Waals surface area contributed by atoms with E-state index in [1.165, 1.54) is 0 Å². The number of carbonyl (C=O) groups excluding carboxylic acids is 1. The third-order valence-corrected chi connectivity index (χ3v) is 1.23. The normalized spacial score (nSPS) is 14.6. The molecule has 5 heteroatoms. The van der Waals surface area contributed by atoms with Crippen LogP contribution in [0.15, 0.2) is 0 Å². The first-order valence-corrected chi connectivity index (χ1v) is 3.80. The van der Waals surface area contributed by atoms with Crippen molar-refractivity contribution in [2.45, 2.75) is 12.8 Å².